The Morgan fingerprint density at radius 3 is 2.14 bits per heavy atom. The van der Waals surface area contributed by atoms with Crippen molar-refractivity contribution in [2.45, 2.75) is 64.4 Å². The summed E-state index contributed by atoms with van der Waals surface area (Å²) in [7, 11) is 0. The molecule has 1 fully saturated rings. The number of carbonyl (C=O) groups is 4. The summed E-state index contributed by atoms with van der Waals surface area (Å²) in [4.78, 5) is 59.0. The van der Waals surface area contributed by atoms with E-state index >= 15 is 0 Å². The molecule has 2 atom stereocenters. The van der Waals surface area contributed by atoms with Gasteiger partial charge in [0.25, 0.3) is 11.8 Å². The number of hydrogen-bond acceptors (Lipinski definition) is 9. The molecule has 3 aromatic rings. The van der Waals surface area contributed by atoms with Gasteiger partial charge in [0, 0.05) is 23.8 Å². The Hall–Kier alpha value is -4.62. The molecule has 1 aliphatic rings. The van der Waals surface area contributed by atoms with Crippen molar-refractivity contribution < 1.29 is 42.9 Å². The Morgan fingerprint density at radius 1 is 1.00 bits per heavy atom. The number of amides is 4. The molecule has 1 saturated heterocycles. The van der Waals surface area contributed by atoms with E-state index in [0.29, 0.717) is 16.0 Å². The van der Waals surface area contributed by atoms with Crippen molar-refractivity contribution in [3.63, 3.8) is 0 Å². The van der Waals surface area contributed by atoms with Crippen molar-refractivity contribution in [3.05, 3.63) is 66.1 Å². The van der Waals surface area contributed by atoms with Gasteiger partial charge < -0.3 is 30.0 Å². The highest BCUT2D eigenvalue weighted by atomic mass is 19.1. The molecular weight excluding hydrogens is 575 g/mol. The van der Waals surface area contributed by atoms with Crippen LogP contribution in [0, 0.1) is 5.82 Å². The zero-order chi connectivity index (χ0) is 32.6. The monoisotopic (exact) mass is 610 g/mol. The molecule has 0 spiro atoms. The minimum atomic E-state index is -2.64. The molecule has 0 radical (unpaired) electrons. The van der Waals surface area contributed by atoms with Crippen molar-refractivity contribution in [3.8, 4) is 0 Å². The molecule has 0 bridgehead atoms. The van der Waals surface area contributed by atoms with Gasteiger partial charge in [-0.1, -0.05) is 12.1 Å². The molecule has 4 amide bonds. The van der Waals surface area contributed by atoms with Crippen LogP contribution in [-0.2, 0) is 29.4 Å². The molecule has 0 aliphatic carbocycles. The lowest BCUT2D eigenvalue weighted by Crippen LogP contribution is -2.61. The van der Waals surface area contributed by atoms with Gasteiger partial charge in [0.1, 0.15) is 17.0 Å². The number of pyridine rings is 1. The van der Waals surface area contributed by atoms with Gasteiger partial charge in [-0.05, 0) is 88.9 Å². The number of halogens is 1. The average molecular weight is 611 g/mol. The van der Waals surface area contributed by atoms with E-state index in [0.717, 1.165) is 0 Å². The highest BCUT2D eigenvalue weighted by Crippen LogP contribution is 2.36. The standard InChI is InChI=1S/C31H35FN4O8/c1-29(2,3)43-27(39)36(28(40)44-30(4,5)6)24-22-12-7-19(17-18(22)13-14-34-24)31(41,26(33)38)23-25(37)35(15-16-42-23)21-10-8-20(32)9-11-21/h7-14,17,23,41H,15-16H2,1-6H3,(H2,33,38)/t23-,31?/m0/s1. The van der Waals surface area contributed by atoms with Gasteiger partial charge >= 0.3 is 12.2 Å². The van der Waals surface area contributed by atoms with E-state index in [1.807, 2.05) is 0 Å². The molecule has 12 nitrogen and oxygen atoms in total. The molecule has 1 aromatic heterocycles. The van der Waals surface area contributed by atoms with Gasteiger partial charge in [-0.3, -0.25) is 9.59 Å². The number of aromatic nitrogens is 1. The maximum absolute atomic E-state index is 13.5. The van der Waals surface area contributed by atoms with Gasteiger partial charge in [-0.15, -0.1) is 0 Å². The number of benzene rings is 2. The SMILES string of the molecule is CC(C)(C)OC(=O)N(C(=O)OC(C)(C)C)c1nccc2cc(C(O)(C(N)=O)[C@H]3OCCN(c4ccc(F)cc4)C3=O)ccc12. The van der Waals surface area contributed by atoms with E-state index in [4.69, 9.17) is 19.9 Å². The lowest BCUT2D eigenvalue weighted by Gasteiger charge is -2.39. The maximum atomic E-state index is 13.5. The third-order valence-electron chi connectivity index (χ3n) is 6.53. The lowest BCUT2D eigenvalue weighted by molar-refractivity contribution is -0.171. The fourth-order valence-corrected chi connectivity index (χ4v) is 4.62. The van der Waals surface area contributed by atoms with E-state index in [9.17, 15) is 28.7 Å². The van der Waals surface area contributed by atoms with Crippen LogP contribution < -0.4 is 15.5 Å². The second kappa shape index (κ2) is 11.8. The summed E-state index contributed by atoms with van der Waals surface area (Å²) in [6.45, 7) is 9.86. The van der Waals surface area contributed by atoms with Gasteiger partial charge in [0.2, 0.25) is 5.60 Å². The second-order valence-electron chi connectivity index (χ2n) is 12.2. The number of carbonyl (C=O) groups excluding carboxylic acids is 4. The smallest absolute Gasteiger partial charge is 0.425 e. The average Bonchev–Trinajstić information content (AvgIpc) is 2.91. The summed E-state index contributed by atoms with van der Waals surface area (Å²) in [5.74, 6) is -2.65. The summed E-state index contributed by atoms with van der Waals surface area (Å²) in [5.41, 5.74) is 1.39. The number of imide groups is 1. The van der Waals surface area contributed by atoms with Crippen LogP contribution in [0.5, 0.6) is 0 Å². The van der Waals surface area contributed by atoms with Crippen LogP contribution in [0.25, 0.3) is 10.8 Å². The minimum absolute atomic E-state index is 0.0498. The zero-order valence-corrected chi connectivity index (χ0v) is 25.3. The predicted molar refractivity (Wildman–Crippen MR) is 158 cm³/mol. The van der Waals surface area contributed by atoms with E-state index < -0.39 is 52.7 Å². The summed E-state index contributed by atoms with van der Waals surface area (Å²) in [6.07, 6.45) is -2.50. The number of anilines is 2. The summed E-state index contributed by atoms with van der Waals surface area (Å²) < 4.78 is 30.0. The van der Waals surface area contributed by atoms with Crippen LogP contribution in [0.3, 0.4) is 0 Å². The Balaban J connectivity index is 1.79. The zero-order valence-electron chi connectivity index (χ0n) is 25.3. The minimum Gasteiger partial charge on any atom is -0.443 e. The number of hydrogen-bond donors (Lipinski definition) is 2. The van der Waals surface area contributed by atoms with Gasteiger partial charge in [-0.25, -0.2) is 19.0 Å². The molecule has 2 heterocycles. The van der Waals surface area contributed by atoms with Crippen LogP contribution in [0.1, 0.15) is 47.1 Å². The number of primary amides is 1. The van der Waals surface area contributed by atoms with E-state index in [2.05, 4.69) is 4.98 Å². The fraction of sp³-hybridized carbons (Fsp3) is 0.387. The van der Waals surface area contributed by atoms with Crippen LogP contribution >= 0.6 is 0 Å². The molecular formula is C31H35FN4O8. The van der Waals surface area contributed by atoms with Crippen molar-refractivity contribution in [2.75, 3.05) is 23.0 Å². The van der Waals surface area contributed by atoms with Gasteiger partial charge in [0.15, 0.2) is 11.9 Å². The number of nitrogens with zero attached hydrogens (tertiary/aromatic N) is 3. The van der Waals surface area contributed by atoms with Crippen LogP contribution in [0.15, 0.2) is 54.7 Å². The van der Waals surface area contributed by atoms with Crippen molar-refractivity contribution in [1.29, 1.82) is 0 Å². The molecule has 0 saturated carbocycles. The van der Waals surface area contributed by atoms with Crippen LogP contribution in [0.4, 0.5) is 25.5 Å². The quantitative estimate of drug-likeness (QED) is 0.432. The van der Waals surface area contributed by atoms with Crippen LogP contribution in [0.2, 0.25) is 0 Å². The maximum Gasteiger partial charge on any atom is 0.425 e. The predicted octanol–water partition coefficient (Wildman–Crippen LogP) is 4.16. The number of aliphatic hydroxyl groups is 1. The molecule has 234 valence electrons. The second-order valence-corrected chi connectivity index (χ2v) is 12.2. The highest BCUT2D eigenvalue weighted by molar-refractivity contribution is 6.14. The number of rotatable bonds is 5. The Morgan fingerprint density at radius 2 is 1.59 bits per heavy atom. The van der Waals surface area contributed by atoms with Crippen LogP contribution in [-0.4, -0.2) is 64.5 Å². The fourth-order valence-electron chi connectivity index (χ4n) is 4.62. The Labute approximate surface area is 253 Å². The molecule has 4 rings (SSSR count). The first-order chi connectivity index (χ1) is 20.4. The number of nitrogens with two attached hydrogens (primary N) is 1. The summed E-state index contributed by atoms with van der Waals surface area (Å²) in [6, 6.07) is 10.8. The number of fused-ring (bicyclic) bond motifs is 1. The highest BCUT2D eigenvalue weighted by Gasteiger charge is 2.52. The van der Waals surface area contributed by atoms with Crippen molar-refractivity contribution in [2.24, 2.45) is 5.73 Å². The Kier molecular flexibility index (Phi) is 8.67. The topological polar surface area (TPSA) is 162 Å². The number of morpholine rings is 1. The van der Waals surface area contributed by atoms with E-state index in [1.54, 1.807) is 41.5 Å². The molecule has 2 aromatic carbocycles. The van der Waals surface area contributed by atoms with Gasteiger partial charge in [0.05, 0.1) is 6.61 Å². The third kappa shape index (κ3) is 6.63. The van der Waals surface area contributed by atoms with E-state index in [-0.39, 0.29) is 29.9 Å². The largest absolute Gasteiger partial charge is 0.443 e. The first kappa shape index (κ1) is 32.3. The molecule has 13 heteroatoms. The summed E-state index contributed by atoms with van der Waals surface area (Å²) >= 11 is 0. The molecule has 44 heavy (non-hydrogen) atoms. The Bertz CT molecular complexity index is 1570. The normalized spacial score (nSPS) is 17.1. The molecule has 1 aliphatic heterocycles. The lowest BCUT2D eigenvalue weighted by atomic mass is 9.84. The van der Waals surface area contributed by atoms with Crippen molar-refractivity contribution in [1.82, 2.24) is 4.98 Å². The van der Waals surface area contributed by atoms with Gasteiger partial charge in [-0.2, -0.15) is 4.90 Å². The number of ether oxygens (including phenoxy) is 3. The first-order valence-electron chi connectivity index (χ1n) is 13.8. The van der Waals surface area contributed by atoms with E-state index in [1.165, 1.54) is 59.6 Å². The molecule has 3 N–H and O–H groups in total. The summed E-state index contributed by atoms with van der Waals surface area (Å²) in [5, 5.41) is 12.3. The molecule has 1 unspecified atom stereocenters. The third-order valence-corrected chi connectivity index (χ3v) is 6.53. The van der Waals surface area contributed by atoms with Crippen molar-refractivity contribution >= 4 is 46.3 Å². The first-order valence-corrected chi connectivity index (χ1v) is 13.8.